The summed E-state index contributed by atoms with van der Waals surface area (Å²) in [5.41, 5.74) is 0. The molecule has 0 saturated heterocycles. The molecular weight excluding hydrogens is 707 g/mol. The van der Waals surface area contributed by atoms with Gasteiger partial charge >= 0.3 is 19.8 Å². The van der Waals surface area contributed by atoms with Crippen LogP contribution in [0.3, 0.4) is 0 Å². The van der Waals surface area contributed by atoms with E-state index < -0.39 is 75.7 Å². The fraction of sp³-hybridized carbons (Fsp3) is 0.949. The first kappa shape index (κ1) is 49.9. The average Bonchev–Trinajstić information content (AvgIpc) is 3.13. The molecule has 6 atom stereocenters. The maximum Gasteiger partial charge on any atom is 0.472 e. The summed E-state index contributed by atoms with van der Waals surface area (Å²) in [5, 5.41) is 49.6. The zero-order valence-corrected chi connectivity index (χ0v) is 33.7. The molecule has 6 unspecified atom stereocenters. The Hall–Kier alpha value is -1.15. The molecule has 14 heteroatoms. The normalized spacial score (nSPS) is 23.4. The molecule has 13 nitrogen and oxygen atoms in total. The fourth-order valence-corrected chi connectivity index (χ4v) is 7.53. The van der Waals surface area contributed by atoms with E-state index in [0.717, 1.165) is 19.3 Å². The van der Waals surface area contributed by atoms with Crippen LogP contribution in [0.25, 0.3) is 0 Å². The predicted molar refractivity (Wildman–Crippen MR) is 203 cm³/mol. The third-order valence-corrected chi connectivity index (χ3v) is 10.9. The minimum absolute atomic E-state index is 0.102. The van der Waals surface area contributed by atoms with Crippen LogP contribution in [-0.2, 0) is 32.7 Å². The molecule has 0 spiro atoms. The van der Waals surface area contributed by atoms with Gasteiger partial charge in [0.2, 0.25) is 0 Å². The van der Waals surface area contributed by atoms with Crippen LogP contribution in [0, 0.1) is 0 Å². The Morgan fingerprint density at radius 1 is 0.509 bits per heavy atom. The van der Waals surface area contributed by atoms with Crippen molar-refractivity contribution < 1.29 is 63.1 Å². The second-order valence-electron chi connectivity index (χ2n) is 14.9. The summed E-state index contributed by atoms with van der Waals surface area (Å²) in [6.07, 6.45) is 16.8. The van der Waals surface area contributed by atoms with Crippen molar-refractivity contribution in [1.82, 2.24) is 0 Å². The lowest BCUT2D eigenvalue weighted by molar-refractivity contribution is -0.220. The zero-order chi connectivity index (χ0) is 39.3. The standard InChI is InChI=1S/C39H75O13P/c1-3-5-6-7-8-9-10-11-12-13-14-15-16-17-18-19-20-21-22-23-24-25-26-28-33(41)51-31(29-49-32(40)27-4-2)30-50-53(47,48)52-39-37(45)35(43)34(42)36(44)38(39)46/h31,34-39,42-46H,3-30H2,1-2H3,(H,47,48). The second kappa shape index (κ2) is 31.0. The van der Waals surface area contributed by atoms with Gasteiger partial charge in [-0.15, -0.1) is 0 Å². The number of hydrogen-bond donors (Lipinski definition) is 6. The molecule has 0 aliphatic heterocycles. The number of aliphatic hydroxyl groups excluding tert-OH is 5. The minimum atomic E-state index is -5.08. The molecule has 0 radical (unpaired) electrons. The summed E-state index contributed by atoms with van der Waals surface area (Å²) in [7, 11) is -5.08. The number of carbonyl (C=O) groups is 2. The summed E-state index contributed by atoms with van der Waals surface area (Å²) < 4.78 is 32.8. The molecule has 0 aromatic carbocycles. The maximum atomic E-state index is 12.6. The number of unbranched alkanes of at least 4 members (excludes halogenated alkanes) is 22. The van der Waals surface area contributed by atoms with E-state index >= 15 is 0 Å². The number of aliphatic hydroxyl groups is 5. The number of carbonyl (C=O) groups excluding carboxylic acids is 2. The van der Waals surface area contributed by atoms with Gasteiger partial charge in [-0.2, -0.15) is 0 Å². The Bertz CT molecular complexity index is 954. The lowest BCUT2D eigenvalue weighted by Crippen LogP contribution is -2.64. The topological polar surface area (TPSA) is 210 Å². The van der Waals surface area contributed by atoms with Crippen molar-refractivity contribution in [1.29, 1.82) is 0 Å². The number of phosphoric ester groups is 1. The van der Waals surface area contributed by atoms with E-state index in [1.54, 1.807) is 6.92 Å². The Kier molecular flexibility index (Phi) is 29.2. The van der Waals surface area contributed by atoms with Crippen molar-refractivity contribution in [2.24, 2.45) is 0 Å². The molecule has 0 aromatic rings. The molecule has 1 aliphatic carbocycles. The number of hydrogen-bond acceptors (Lipinski definition) is 12. The number of ether oxygens (including phenoxy) is 2. The first-order chi connectivity index (χ1) is 25.4. The van der Waals surface area contributed by atoms with Crippen molar-refractivity contribution in [3.63, 3.8) is 0 Å². The number of rotatable bonds is 34. The van der Waals surface area contributed by atoms with Gasteiger partial charge in [-0.1, -0.05) is 155 Å². The highest BCUT2D eigenvalue weighted by molar-refractivity contribution is 7.47. The van der Waals surface area contributed by atoms with E-state index in [-0.39, 0.29) is 12.8 Å². The van der Waals surface area contributed by atoms with Gasteiger partial charge in [0.05, 0.1) is 6.61 Å². The number of esters is 2. The van der Waals surface area contributed by atoms with Crippen LogP contribution < -0.4 is 0 Å². The molecule has 53 heavy (non-hydrogen) atoms. The quantitative estimate of drug-likeness (QED) is 0.0222. The summed E-state index contributed by atoms with van der Waals surface area (Å²) in [6.45, 7) is 2.88. The van der Waals surface area contributed by atoms with E-state index in [1.165, 1.54) is 122 Å². The SMILES string of the molecule is CCCCCCCCCCCCCCCCCCCCCCCCCC(=O)OC(COC(=O)CCC)COP(=O)(O)OC1C(O)C(O)C(O)C(O)C1O. The van der Waals surface area contributed by atoms with Gasteiger partial charge < -0.3 is 39.9 Å². The molecule has 0 aromatic heterocycles. The summed E-state index contributed by atoms with van der Waals surface area (Å²) in [4.78, 5) is 34.6. The highest BCUT2D eigenvalue weighted by Crippen LogP contribution is 2.47. The molecule has 6 N–H and O–H groups in total. The van der Waals surface area contributed by atoms with Crippen LogP contribution in [0.2, 0.25) is 0 Å². The lowest BCUT2D eigenvalue weighted by Gasteiger charge is -2.41. The molecule has 0 heterocycles. The van der Waals surface area contributed by atoms with Crippen LogP contribution in [-0.4, -0.2) is 98.3 Å². The molecule has 1 rings (SSSR count). The monoisotopic (exact) mass is 782 g/mol. The van der Waals surface area contributed by atoms with Crippen molar-refractivity contribution >= 4 is 19.8 Å². The van der Waals surface area contributed by atoms with E-state index in [4.69, 9.17) is 18.5 Å². The van der Waals surface area contributed by atoms with E-state index in [0.29, 0.717) is 12.8 Å². The van der Waals surface area contributed by atoms with E-state index in [1.807, 2.05) is 0 Å². The van der Waals surface area contributed by atoms with Crippen molar-refractivity contribution in [3.8, 4) is 0 Å². The molecule has 1 saturated carbocycles. The third-order valence-electron chi connectivity index (χ3n) is 9.92. The van der Waals surface area contributed by atoms with Gasteiger partial charge in [-0.05, 0) is 12.8 Å². The molecule has 0 bridgehead atoms. The first-order valence-electron chi connectivity index (χ1n) is 20.8. The summed E-state index contributed by atoms with van der Waals surface area (Å²) >= 11 is 0. The summed E-state index contributed by atoms with van der Waals surface area (Å²) in [5.74, 6) is -1.15. The molecule has 0 amide bonds. The largest absolute Gasteiger partial charge is 0.472 e. The van der Waals surface area contributed by atoms with E-state index in [2.05, 4.69) is 6.92 Å². The van der Waals surface area contributed by atoms with Gasteiger partial charge in [0, 0.05) is 12.8 Å². The molecule has 1 fully saturated rings. The Balaban J connectivity index is 2.18. The lowest BCUT2D eigenvalue weighted by atomic mass is 9.85. The van der Waals surface area contributed by atoms with Crippen LogP contribution in [0.15, 0.2) is 0 Å². The van der Waals surface area contributed by atoms with Crippen molar-refractivity contribution in [2.45, 2.75) is 224 Å². The van der Waals surface area contributed by atoms with Gasteiger partial charge in [0.25, 0.3) is 0 Å². The molecule has 1 aliphatic rings. The van der Waals surface area contributed by atoms with Gasteiger partial charge in [0.15, 0.2) is 6.10 Å². The van der Waals surface area contributed by atoms with Crippen LogP contribution >= 0.6 is 7.82 Å². The van der Waals surface area contributed by atoms with Gasteiger partial charge in [-0.3, -0.25) is 18.6 Å². The second-order valence-corrected chi connectivity index (χ2v) is 16.3. The van der Waals surface area contributed by atoms with Crippen LogP contribution in [0.5, 0.6) is 0 Å². The average molecular weight is 783 g/mol. The highest BCUT2D eigenvalue weighted by atomic mass is 31.2. The minimum Gasteiger partial charge on any atom is -0.462 e. The van der Waals surface area contributed by atoms with Crippen LogP contribution in [0.1, 0.15) is 181 Å². The molecule has 314 valence electrons. The third kappa shape index (κ3) is 24.2. The number of phosphoric acid groups is 1. The first-order valence-corrected chi connectivity index (χ1v) is 22.3. The van der Waals surface area contributed by atoms with Crippen molar-refractivity contribution in [2.75, 3.05) is 13.2 Å². The van der Waals surface area contributed by atoms with E-state index in [9.17, 15) is 44.6 Å². The zero-order valence-electron chi connectivity index (χ0n) is 32.8. The van der Waals surface area contributed by atoms with Gasteiger partial charge in [0.1, 0.15) is 43.2 Å². The smallest absolute Gasteiger partial charge is 0.462 e. The Morgan fingerprint density at radius 2 is 0.887 bits per heavy atom. The molecular formula is C39H75O13P. The van der Waals surface area contributed by atoms with Crippen LogP contribution in [0.4, 0.5) is 0 Å². The Morgan fingerprint density at radius 3 is 1.28 bits per heavy atom. The van der Waals surface area contributed by atoms with Crippen molar-refractivity contribution in [3.05, 3.63) is 0 Å². The maximum absolute atomic E-state index is 12.6. The van der Waals surface area contributed by atoms with Gasteiger partial charge in [-0.25, -0.2) is 4.57 Å². The fourth-order valence-electron chi connectivity index (χ4n) is 6.56. The predicted octanol–water partition coefficient (Wildman–Crippen LogP) is 6.94. The Labute approximate surface area is 319 Å². The highest BCUT2D eigenvalue weighted by Gasteiger charge is 2.51. The summed E-state index contributed by atoms with van der Waals surface area (Å²) in [6, 6.07) is 0.